The molecule has 2 aliphatic carbocycles. The molecule has 2 nitrogen and oxygen atoms in total. The number of likely N-dealkylation sites (tertiary alicyclic amines) is 2. The Morgan fingerprint density at radius 3 is 1.95 bits per heavy atom. The highest BCUT2D eigenvalue weighted by Crippen LogP contribution is 2.43. The second kappa shape index (κ2) is 5.96. The summed E-state index contributed by atoms with van der Waals surface area (Å²) in [5, 5.41) is 0. The van der Waals surface area contributed by atoms with Crippen LogP contribution in [-0.4, -0.2) is 38.3 Å². The van der Waals surface area contributed by atoms with Crippen LogP contribution in [0.1, 0.15) is 64.2 Å². The lowest BCUT2D eigenvalue weighted by atomic mass is 9.91. The van der Waals surface area contributed by atoms with Crippen LogP contribution >= 0.6 is 0 Å². The minimum Gasteiger partial charge on any atom is -0.332 e. The fourth-order valence-corrected chi connectivity index (χ4v) is 6.10. The lowest BCUT2D eigenvalue weighted by Crippen LogP contribution is -3.22. The zero-order chi connectivity index (χ0) is 13.4. The second-order valence-electron chi connectivity index (χ2n) is 8.29. The monoisotopic (exact) mass is 278 g/mol. The van der Waals surface area contributed by atoms with Crippen molar-refractivity contribution in [2.24, 2.45) is 11.8 Å². The van der Waals surface area contributed by atoms with Gasteiger partial charge in [0.2, 0.25) is 0 Å². The number of nitrogens with one attached hydrogen (secondary N) is 2. The van der Waals surface area contributed by atoms with Gasteiger partial charge >= 0.3 is 0 Å². The van der Waals surface area contributed by atoms with Gasteiger partial charge in [-0.3, -0.25) is 0 Å². The zero-order valence-corrected chi connectivity index (χ0v) is 13.2. The third-order valence-electron chi connectivity index (χ3n) is 7.21. The van der Waals surface area contributed by atoms with Gasteiger partial charge in [-0.05, 0) is 50.9 Å². The molecule has 2 aliphatic heterocycles. The first-order valence-corrected chi connectivity index (χ1v) is 9.59. The van der Waals surface area contributed by atoms with Gasteiger partial charge in [-0.1, -0.05) is 0 Å². The molecular weight excluding hydrogens is 244 g/mol. The molecule has 0 radical (unpaired) electrons. The Hall–Kier alpha value is -0.0800. The van der Waals surface area contributed by atoms with Gasteiger partial charge in [0.25, 0.3) is 0 Å². The second-order valence-corrected chi connectivity index (χ2v) is 8.29. The molecular formula is C18H34N2+2. The molecule has 114 valence electrons. The maximum absolute atomic E-state index is 2.02. The highest BCUT2D eigenvalue weighted by molar-refractivity contribution is 4.90. The Labute approximate surface area is 124 Å². The molecule has 4 aliphatic rings. The van der Waals surface area contributed by atoms with Crippen molar-refractivity contribution in [3.8, 4) is 0 Å². The van der Waals surface area contributed by atoms with Crippen LogP contribution < -0.4 is 9.80 Å². The summed E-state index contributed by atoms with van der Waals surface area (Å²) < 4.78 is 0. The van der Waals surface area contributed by atoms with Crippen LogP contribution in [0, 0.1) is 11.8 Å². The van der Waals surface area contributed by atoms with E-state index in [1.165, 1.54) is 64.7 Å². The molecule has 20 heavy (non-hydrogen) atoms. The summed E-state index contributed by atoms with van der Waals surface area (Å²) in [5.74, 6) is 2.25. The first-order valence-electron chi connectivity index (χ1n) is 9.59. The number of hydrogen-bond acceptors (Lipinski definition) is 0. The summed E-state index contributed by atoms with van der Waals surface area (Å²) in [4.78, 5) is 4.00. The van der Waals surface area contributed by atoms with Crippen molar-refractivity contribution in [3.63, 3.8) is 0 Å². The Kier molecular flexibility index (Phi) is 4.05. The lowest BCUT2D eigenvalue weighted by Gasteiger charge is -2.38. The Morgan fingerprint density at radius 1 is 0.600 bits per heavy atom. The molecule has 2 saturated heterocycles. The first kappa shape index (κ1) is 13.6. The number of fused-ring (bicyclic) bond motifs is 2. The molecule has 0 aromatic heterocycles. The molecule has 2 heteroatoms. The van der Waals surface area contributed by atoms with Crippen LogP contribution in [0.15, 0.2) is 0 Å². The maximum atomic E-state index is 2.02. The van der Waals surface area contributed by atoms with Crippen LogP contribution in [0.4, 0.5) is 0 Å². The van der Waals surface area contributed by atoms with E-state index >= 15 is 0 Å². The van der Waals surface area contributed by atoms with Crippen LogP contribution in [0.25, 0.3) is 0 Å². The van der Waals surface area contributed by atoms with E-state index in [9.17, 15) is 0 Å². The third-order valence-corrected chi connectivity index (χ3v) is 7.21. The van der Waals surface area contributed by atoms with E-state index in [0.717, 1.165) is 23.9 Å². The van der Waals surface area contributed by atoms with Gasteiger partial charge in [-0.2, -0.15) is 0 Å². The topological polar surface area (TPSA) is 8.88 Å². The van der Waals surface area contributed by atoms with E-state index in [2.05, 4.69) is 0 Å². The van der Waals surface area contributed by atoms with Crippen LogP contribution in [0.5, 0.6) is 0 Å². The van der Waals surface area contributed by atoms with Crippen molar-refractivity contribution >= 4 is 0 Å². The van der Waals surface area contributed by atoms with Gasteiger partial charge in [0.1, 0.15) is 0 Å². The minimum absolute atomic E-state index is 1.02. The Morgan fingerprint density at radius 2 is 1.35 bits per heavy atom. The number of quaternary nitrogens is 2. The fraction of sp³-hybridized carbons (Fsp3) is 1.00. The van der Waals surface area contributed by atoms with E-state index in [4.69, 9.17) is 0 Å². The van der Waals surface area contributed by atoms with E-state index in [0.29, 0.717) is 0 Å². The van der Waals surface area contributed by atoms with Crippen molar-refractivity contribution < 1.29 is 9.80 Å². The predicted octanol–water partition coefficient (Wildman–Crippen LogP) is 0.681. The molecule has 0 spiro atoms. The Bertz CT molecular complexity index is 313. The van der Waals surface area contributed by atoms with Crippen molar-refractivity contribution in [3.05, 3.63) is 0 Å². The molecule has 4 fully saturated rings. The smallest absolute Gasteiger partial charge is 0.0983 e. The maximum Gasteiger partial charge on any atom is 0.0983 e. The standard InChI is InChI=1S/C18H32N2/c1-2-4-10-19(9-3-1)17-7-11-20(12-8-17)18-14-15-5-6-16(18)13-15/h15-18H,1-14H2/p+2/t15-,16+,18+/m0/s1. The summed E-state index contributed by atoms with van der Waals surface area (Å²) >= 11 is 0. The molecule has 2 saturated carbocycles. The predicted molar refractivity (Wildman–Crippen MR) is 82.1 cm³/mol. The zero-order valence-electron chi connectivity index (χ0n) is 13.2. The van der Waals surface area contributed by atoms with Crippen LogP contribution in [-0.2, 0) is 0 Å². The average molecular weight is 278 g/mol. The van der Waals surface area contributed by atoms with Crippen molar-refractivity contribution in [1.29, 1.82) is 0 Å². The largest absolute Gasteiger partial charge is 0.332 e. The van der Waals surface area contributed by atoms with Gasteiger partial charge in [-0.15, -0.1) is 0 Å². The third kappa shape index (κ3) is 2.66. The van der Waals surface area contributed by atoms with Crippen molar-refractivity contribution in [1.82, 2.24) is 0 Å². The van der Waals surface area contributed by atoms with E-state index in [1.54, 1.807) is 25.7 Å². The molecule has 4 rings (SSSR count). The van der Waals surface area contributed by atoms with E-state index in [1.807, 2.05) is 9.80 Å². The fourth-order valence-electron chi connectivity index (χ4n) is 6.10. The SMILES string of the molecule is C1CCC[NH+](C2CC[NH+]([C@@H]3C[C@H]4CC[C@@H]3C4)CC2)CC1. The molecule has 2 heterocycles. The van der Waals surface area contributed by atoms with Gasteiger partial charge in [0.05, 0.1) is 38.3 Å². The lowest BCUT2D eigenvalue weighted by molar-refractivity contribution is -0.969. The van der Waals surface area contributed by atoms with Gasteiger partial charge < -0.3 is 9.80 Å². The van der Waals surface area contributed by atoms with E-state index < -0.39 is 0 Å². The van der Waals surface area contributed by atoms with Gasteiger partial charge in [-0.25, -0.2) is 0 Å². The molecule has 0 aromatic carbocycles. The molecule has 2 bridgehead atoms. The molecule has 3 atom stereocenters. The van der Waals surface area contributed by atoms with Gasteiger partial charge in [0, 0.05) is 25.2 Å². The quantitative estimate of drug-likeness (QED) is 0.735. The van der Waals surface area contributed by atoms with Gasteiger partial charge in [0.15, 0.2) is 0 Å². The van der Waals surface area contributed by atoms with Crippen LogP contribution in [0.3, 0.4) is 0 Å². The molecule has 0 aromatic rings. The molecule has 0 unspecified atom stereocenters. The first-order chi connectivity index (χ1) is 9.90. The Balaban J connectivity index is 1.29. The number of hydrogen-bond donors (Lipinski definition) is 2. The summed E-state index contributed by atoms with van der Waals surface area (Å²) in [6.07, 6.45) is 15.4. The van der Waals surface area contributed by atoms with Crippen molar-refractivity contribution in [2.75, 3.05) is 26.2 Å². The summed E-state index contributed by atoms with van der Waals surface area (Å²) in [6, 6.07) is 2.10. The molecule has 0 amide bonds. The summed E-state index contributed by atoms with van der Waals surface area (Å²) in [6.45, 7) is 5.96. The normalized spacial score (nSPS) is 46.5. The number of rotatable bonds is 2. The summed E-state index contributed by atoms with van der Waals surface area (Å²) in [7, 11) is 0. The highest BCUT2D eigenvalue weighted by Gasteiger charge is 2.46. The van der Waals surface area contributed by atoms with E-state index in [-0.39, 0.29) is 0 Å². The average Bonchev–Trinajstić information content (AvgIpc) is 3.02. The molecule has 2 N–H and O–H groups in total. The minimum atomic E-state index is 1.02. The summed E-state index contributed by atoms with van der Waals surface area (Å²) in [5.41, 5.74) is 0. The van der Waals surface area contributed by atoms with Crippen LogP contribution in [0.2, 0.25) is 0 Å². The highest BCUT2D eigenvalue weighted by atomic mass is 15.2. The van der Waals surface area contributed by atoms with Crippen molar-refractivity contribution in [2.45, 2.75) is 76.3 Å². The number of piperidine rings is 1.